The second-order valence-electron chi connectivity index (χ2n) is 4.27. The van der Waals surface area contributed by atoms with Gasteiger partial charge in [-0.2, -0.15) is 0 Å². The molecule has 0 saturated carbocycles. The number of likely N-dealkylation sites (N-methyl/N-ethyl adjacent to an activating group) is 1. The van der Waals surface area contributed by atoms with E-state index in [4.69, 9.17) is 9.15 Å². The summed E-state index contributed by atoms with van der Waals surface area (Å²) in [4.78, 5) is 0. The molecule has 1 aromatic carbocycles. The Morgan fingerprint density at radius 2 is 1.94 bits per heavy atom. The highest BCUT2D eigenvalue weighted by Gasteiger charge is 2.14. The van der Waals surface area contributed by atoms with Gasteiger partial charge in [-0.3, -0.25) is 0 Å². The molecule has 96 valence electrons. The zero-order valence-corrected chi connectivity index (χ0v) is 10.8. The average molecular weight is 245 g/mol. The first-order valence-electron chi connectivity index (χ1n) is 6.12. The summed E-state index contributed by atoms with van der Waals surface area (Å²) in [5.41, 5.74) is 1.29. The fourth-order valence-corrected chi connectivity index (χ4v) is 2.00. The van der Waals surface area contributed by atoms with Crippen LogP contribution in [0.2, 0.25) is 0 Å². The molecule has 1 unspecified atom stereocenters. The van der Waals surface area contributed by atoms with Crippen molar-refractivity contribution in [3.05, 3.63) is 59.5 Å². The first-order chi connectivity index (χ1) is 8.83. The Labute approximate surface area is 108 Å². The van der Waals surface area contributed by atoms with Gasteiger partial charge >= 0.3 is 0 Å². The first kappa shape index (κ1) is 12.9. The van der Waals surface area contributed by atoms with Crippen LogP contribution in [-0.2, 0) is 17.8 Å². The van der Waals surface area contributed by atoms with Crippen molar-refractivity contribution >= 4 is 0 Å². The second-order valence-corrected chi connectivity index (χ2v) is 4.27. The molecule has 0 saturated heterocycles. The number of ether oxygens (including phenoxy) is 1. The number of nitrogens with one attached hydrogen (secondary N) is 1. The summed E-state index contributed by atoms with van der Waals surface area (Å²) >= 11 is 0. The number of furan rings is 1. The molecule has 3 heteroatoms. The molecule has 1 N–H and O–H groups in total. The van der Waals surface area contributed by atoms with E-state index in [0.29, 0.717) is 6.61 Å². The lowest BCUT2D eigenvalue weighted by molar-refractivity contribution is 0.161. The first-order valence-corrected chi connectivity index (χ1v) is 6.12. The van der Waals surface area contributed by atoms with Gasteiger partial charge in [-0.15, -0.1) is 0 Å². The molecule has 2 rings (SSSR count). The van der Waals surface area contributed by atoms with Gasteiger partial charge in [-0.25, -0.2) is 0 Å². The number of hydrogen-bond donors (Lipinski definition) is 1. The van der Waals surface area contributed by atoms with Gasteiger partial charge in [0, 0.05) is 7.11 Å². The van der Waals surface area contributed by atoms with E-state index in [1.165, 1.54) is 5.56 Å². The van der Waals surface area contributed by atoms with E-state index in [2.05, 4.69) is 29.6 Å². The largest absolute Gasteiger partial charge is 0.462 e. The van der Waals surface area contributed by atoms with Gasteiger partial charge in [-0.1, -0.05) is 30.3 Å². The van der Waals surface area contributed by atoms with Gasteiger partial charge in [0.1, 0.15) is 18.1 Å². The normalized spacial score (nSPS) is 12.6. The molecule has 0 amide bonds. The Kier molecular flexibility index (Phi) is 4.56. The third-order valence-electron chi connectivity index (χ3n) is 2.94. The SMILES string of the molecule is CNC(Cc1ccccc1)c1ccc(COC)o1. The summed E-state index contributed by atoms with van der Waals surface area (Å²) < 4.78 is 10.8. The highest BCUT2D eigenvalue weighted by molar-refractivity contribution is 5.19. The summed E-state index contributed by atoms with van der Waals surface area (Å²) in [7, 11) is 3.62. The Hall–Kier alpha value is -1.58. The summed E-state index contributed by atoms with van der Waals surface area (Å²) in [6.45, 7) is 0.516. The summed E-state index contributed by atoms with van der Waals surface area (Å²) in [5, 5.41) is 3.29. The molecule has 0 fully saturated rings. The van der Waals surface area contributed by atoms with Crippen LogP contribution in [0.1, 0.15) is 23.1 Å². The lowest BCUT2D eigenvalue weighted by Gasteiger charge is -2.13. The van der Waals surface area contributed by atoms with Gasteiger partial charge in [0.25, 0.3) is 0 Å². The highest BCUT2D eigenvalue weighted by atomic mass is 16.5. The molecule has 0 aliphatic rings. The van der Waals surface area contributed by atoms with Gasteiger partial charge in [-0.05, 0) is 31.2 Å². The van der Waals surface area contributed by atoms with E-state index in [1.54, 1.807) is 7.11 Å². The van der Waals surface area contributed by atoms with Crippen LogP contribution in [0.25, 0.3) is 0 Å². The highest BCUT2D eigenvalue weighted by Crippen LogP contribution is 2.21. The second kappa shape index (κ2) is 6.38. The maximum atomic E-state index is 5.76. The van der Waals surface area contributed by atoms with Crippen LogP contribution in [0.4, 0.5) is 0 Å². The molecule has 1 atom stereocenters. The van der Waals surface area contributed by atoms with Crippen molar-refractivity contribution in [2.24, 2.45) is 0 Å². The van der Waals surface area contributed by atoms with Crippen molar-refractivity contribution in [2.75, 3.05) is 14.2 Å². The minimum atomic E-state index is 0.193. The molecule has 0 spiro atoms. The molecule has 18 heavy (non-hydrogen) atoms. The third-order valence-corrected chi connectivity index (χ3v) is 2.94. The molecule has 2 aromatic rings. The van der Waals surface area contributed by atoms with Gasteiger partial charge in [0.05, 0.1) is 6.04 Å². The van der Waals surface area contributed by atoms with Gasteiger partial charge in [0.2, 0.25) is 0 Å². The van der Waals surface area contributed by atoms with E-state index in [0.717, 1.165) is 17.9 Å². The monoisotopic (exact) mass is 245 g/mol. The van der Waals surface area contributed by atoms with E-state index in [1.807, 2.05) is 25.2 Å². The minimum absolute atomic E-state index is 0.193. The molecule has 0 aliphatic carbocycles. The maximum absolute atomic E-state index is 5.76. The molecule has 0 bridgehead atoms. The average Bonchev–Trinajstić information content (AvgIpc) is 2.86. The van der Waals surface area contributed by atoms with Gasteiger partial charge in [0.15, 0.2) is 0 Å². The molecule has 0 aliphatic heterocycles. The quantitative estimate of drug-likeness (QED) is 0.849. The standard InChI is InChI=1S/C15H19NO2/c1-16-14(10-12-6-4-3-5-7-12)15-9-8-13(18-15)11-17-2/h3-9,14,16H,10-11H2,1-2H3. The number of benzene rings is 1. The van der Waals surface area contributed by atoms with Crippen molar-refractivity contribution in [1.82, 2.24) is 5.32 Å². The van der Waals surface area contributed by atoms with Crippen molar-refractivity contribution < 1.29 is 9.15 Å². The van der Waals surface area contributed by atoms with Crippen LogP contribution in [0.15, 0.2) is 46.9 Å². The molecule has 3 nitrogen and oxygen atoms in total. The Balaban J connectivity index is 2.08. The van der Waals surface area contributed by atoms with E-state index < -0.39 is 0 Å². The fourth-order valence-electron chi connectivity index (χ4n) is 2.00. The zero-order valence-electron chi connectivity index (χ0n) is 10.8. The third kappa shape index (κ3) is 3.22. The van der Waals surface area contributed by atoms with Crippen molar-refractivity contribution in [1.29, 1.82) is 0 Å². The van der Waals surface area contributed by atoms with Crippen LogP contribution >= 0.6 is 0 Å². The lowest BCUT2D eigenvalue weighted by atomic mass is 10.0. The van der Waals surface area contributed by atoms with E-state index in [9.17, 15) is 0 Å². The topological polar surface area (TPSA) is 34.4 Å². The summed E-state index contributed by atoms with van der Waals surface area (Å²) in [5.74, 6) is 1.81. The minimum Gasteiger partial charge on any atom is -0.462 e. The van der Waals surface area contributed by atoms with Crippen molar-refractivity contribution in [2.45, 2.75) is 19.1 Å². The summed E-state index contributed by atoms with van der Waals surface area (Å²) in [6.07, 6.45) is 0.914. The zero-order chi connectivity index (χ0) is 12.8. The number of rotatable bonds is 6. The Morgan fingerprint density at radius 3 is 2.61 bits per heavy atom. The molecular weight excluding hydrogens is 226 g/mol. The van der Waals surface area contributed by atoms with Crippen molar-refractivity contribution in [3.63, 3.8) is 0 Å². The Bertz CT molecular complexity index is 464. The number of methoxy groups -OCH3 is 1. The molecule has 1 heterocycles. The fraction of sp³-hybridized carbons (Fsp3) is 0.333. The van der Waals surface area contributed by atoms with Crippen molar-refractivity contribution in [3.8, 4) is 0 Å². The van der Waals surface area contributed by atoms with Gasteiger partial charge < -0.3 is 14.5 Å². The van der Waals surface area contributed by atoms with Crippen LogP contribution < -0.4 is 5.32 Å². The smallest absolute Gasteiger partial charge is 0.129 e. The molecule has 0 radical (unpaired) electrons. The molecular formula is C15H19NO2. The predicted octanol–water partition coefficient (Wildman–Crippen LogP) is 2.93. The molecule has 1 aromatic heterocycles. The van der Waals surface area contributed by atoms with E-state index >= 15 is 0 Å². The van der Waals surface area contributed by atoms with E-state index in [-0.39, 0.29) is 6.04 Å². The van der Waals surface area contributed by atoms with Crippen LogP contribution in [0.3, 0.4) is 0 Å². The Morgan fingerprint density at radius 1 is 1.17 bits per heavy atom. The summed E-state index contributed by atoms with van der Waals surface area (Å²) in [6, 6.07) is 14.6. The van der Waals surface area contributed by atoms with Crippen LogP contribution in [0.5, 0.6) is 0 Å². The maximum Gasteiger partial charge on any atom is 0.129 e. The van der Waals surface area contributed by atoms with Crippen LogP contribution in [0, 0.1) is 0 Å². The lowest BCUT2D eigenvalue weighted by Crippen LogP contribution is -2.18. The number of hydrogen-bond acceptors (Lipinski definition) is 3. The predicted molar refractivity (Wildman–Crippen MR) is 71.4 cm³/mol. The van der Waals surface area contributed by atoms with Crippen LogP contribution in [-0.4, -0.2) is 14.2 Å².